The fourth-order valence-corrected chi connectivity index (χ4v) is 1.80. The van der Waals surface area contributed by atoms with Gasteiger partial charge in [0.25, 0.3) is 0 Å². The molecule has 2 rings (SSSR count). The molecule has 1 heterocycles. The van der Waals surface area contributed by atoms with Crippen molar-refractivity contribution in [3.8, 4) is 0 Å². The molecular weight excluding hydrogens is 324 g/mol. The molecule has 0 aliphatic heterocycles. The van der Waals surface area contributed by atoms with E-state index in [1.807, 2.05) is 6.92 Å². The summed E-state index contributed by atoms with van der Waals surface area (Å²) in [4.78, 5) is 27.3. The number of aryl methyl sites for hydroxylation is 1. The number of amides is 3. The third-order valence-corrected chi connectivity index (χ3v) is 3.80. The predicted octanol–water partition coefficient (Wildman–Crippen LogP) is 1.80. The van der Waals surface area contributed by atoms with Gasteiger partial charge in [-0.1, -0.05) is 0 Å². The summed E-state index contributed by atoms with van der Waals surface area (Å²) in [5.74, 6) is 0.899. The van der Waals surface area contributed by atoms with E-state index >= 15 is 0 Å². The molecule has 6 nitrogen and oxygen atoms in total. The minimum Gasteiger partial charge on any atom is -0.354 e. The average Bonchev–Trinajstić information content (AvgIpc) is 3.22. The summed E-state index contributed by atoms with van der Waals surface area (Å²) in [5.41, 5.74) is 0.782. The Kier molecular flexibility index (Phi) is 4.94. The Hall–Kier alpha value is -1.63. The molecule has 1 saturated carbocycles. The number of nitrogens with one attached hydrogen (secondary N) is 3. The number of carbonyl (C=O) groups excluding carboxylic acids is 2. The Morgan fingerprint density at radius 3 is 2.75 bits per heavy atom. The van der Waals surface area contributed by atoms with Crippen LogP contribution in [-0.2, 0) is 4.79 Å². The van der Waals surface area contributed by atoms with Crippen LogP contribution in [0.1, 0.15) is 18.5 Å². The van der Waals surface area contributed by atoms with E-state index in [-0.39, 0.29) is 12.5 Å². The normalized spacial score (nSPS) is 13.7. The topological polar surface area (TPSA) is 83.1 Å². The summed E-state index contributed by atoms with van der Waals surface area (Å²) in [6, 6.07) is 3.05. The van der Waals surface area contributed by atoms with Crippen molar-refractivity contribution in [2.24, 2.45) is 5.92 Å². The number of urea groups is 1. The Balaban J connectivity index is 1.71. The number of pyridine rings is 1. The second kappa shape index (κ2) is 6.69. The van der Waals surface area contributed by atoms with Gasteiger partial charge in [0.2, 0.25) is 5.91 Å². The molecule has 108 valence electrons. The molecule has 0 radical (unpaired) electrons. The van der Waals surface area contributed by atoms with Crippen LogP contribution in [0.3, 0.4) is 0 Å². The maximum absolute atomic E-state index is 11.6. The highest BCUT2D eigenvalue weighted by Crippen LogP contribution is 2.27. The summed E-state index contributed by atoms with van der Waals surface area (Å²) in [5, 5.41) is 7.85. The fraction of sp³-hybridized carbons (Fsp3) is 0.462. The van der Waals surface area contributed by atoms with Crippen LogP contribution in [0.4, 0.5) is 10.6 Å². The summed E-state index contributed by atoms with van der Waals surface area (Å²) in [7, 11) is 0. The smallest absolute Gasteiger partial charge is 0.320 e. The van der Waals surface area contributed by atoms with Gasteiger partial charge in [-0.15, -0.1) is 0 Å². The van der Waals surface area contributed by atoms with Crippen molar-refractivity contribution < 1.29 is 9.59 Å². The molecule has 20 heavy (non-hydrogen) atoms. The Labute approximate surface area is 125 Å². The minimum absolute atomic E-state index is 0.0337. The zero-order valence-corrected chi connectivity index (χ0v) is 12.8. The van der Waals surface area contributed by atoms with Crippen LogP contribution in [0, 0.1) is 12.8 Å². The van der Waals surface area contributed by atoms with Crippen molar-refractivity contribution in [1.82, 2.24) is 15.6 Å². The number of anilines is 1. The van der Waals surface area contributed by atoms with Gasteiger partial charge in [-0.2, -0.15) is 0 Å². The maximum Gasteiger partial charge on any atom is 0.320 e. The molecule has 3 N–H and O–H groups in total. The Morgan fingerprint density at radius 2 is 2.10 bits per heavy atom. The van der Waals surface area contributed by atoms with Crippen LogP contribution in [0.15, 0.2) is 16.6 Å². The van der Waals surface area contributed by atoms with Gasteiger partial charge in [0.05, 0.1) is 12.2 Å². The molecular formula is C13H17BrN4O2. The molecule has 0 spiro atoms. The van der Waals surface area contributed by atoms with E-state index in [0.29, 0.717) is 18.3 Å². The van der Waals surface area contributed by atoms with Gasteiger partial charge in [0.15, 0.2) is 0 Å². The quantitative estimate of drug-likeness (QED) is 0.764. The number of nitrogens with zero attached hydrogens (tertiary/aromatic N) is 1. The lowest BCUT2D eigenvalue weighted by atomic mass is 10.4. The molecule has 1 aromatic rings. The van der Waals surface area contributed by atoms with Crippen molar-refractivity contribution in [3.63, 3.8) is 0 Å². The molecule has 7 heteroatoms. The first-order valence-electron chi connectivity index (χ1n) is 6.49. The van der Waals surface area contributed by atoms with Crippen LogP contribution in [0.5, 0.6) is 0 Å². The highest BCUT2D eigenvalue weighted by atomic mass is 79.9. The van der Waals surface area contributed by atoms with Crippen molar-refractivity contribution >= 4 is 33.7 Å². The number of hydrogen-bond donors (Lipinski definition) is 3. The third-order valence-electron chi connectivity index (χ3n) is 2.96. The zero-order chi connectivity index (χ0) is 14.5. The molecule has 1 fully saturated rings. The summed E-state index contributed by atoms with van der Waals surface area (Å²) < 4.78 is 0.878. The zero-order valence-electron chi connectivity index (χ0n) is 11.2. The molecule has 3 amide bonds. The molecule has 0 aromatic carbocycles. The van der Waals surface area contributed by atoms with Crippen molar-refractivity contribution in [1.29, 1.82) is 0 Å². The summed E-state index contributed by atoms with van der Waals surface area (Å²) in [6.45, 7) is 2.50. The monoisotopic (exact) mass is 340 g/mol. The average molecular weight is 341 g/mol. The van der Waals surface area contributed by atoms with Crippen LogP contribution in [0.2, 0.25) is 0 Å². The lowest BCUT2D eigenvalue weighted by molar-refractivity contribution is -0.120. The van der Waals surface area contributed by atoms with Crippen LogP contribution in [-0.4, -0.2) is 30.0 Å². The highest BCUT2D eigenvalue weighted by Gasteiger charge is 2.21. The van der Waals surface area contributed by atoms with Gasteiger partial charge < -0.3 is 10.6 Å². The van der Waals surface area contributed by atoms with E-state index in [9.17, 15) is 9.59 Å². The van der Waals surface area contributed by atoms with Crippen LogP contribution in [0.25, 0.3) is 0 Å². The largest absolute Gasteiger partial charge is 0.354 e. The van der Waals surface area contributed by atoms with E-state index in [4.69, 9.17) is 0 Å². The number of rotatable bonds is 5. The number of halogens is 1. The molecule has 1 aliphatic carbocycles. The Bertz CT molecular complexity index is 517. The van der Waals surface area contributed by atoms with E-state index in [1.165, 1.54) is 12.8 Å². The van der Waals surface area contributed by atoms with Gasteiger partial charge in [-0.05, 0) is 53.7 Å². The number of hydrogen-bond acceptors (Lipinski definition) is 3. The highest BCUT2D eigenvalue weighted by molar-refractivity contribution is 9.10. The second-order valence-electron chi connectivity index (χ2n) is 4.82. The van der Waals surface area contributed by atoms with Gasteiger partial charge in [0.1, 0.15) is 5.82 Å². The van der Waals surface area contributed by atoms with E-state index in [1.54, 1.807) is 12.1 Å². The molecule has 0 bridgehead atoms. The first kappa shape index (κ1) is 14.8. The molecule has 1 aromatic heterocycles. The lowest BCUT2D eigenvalue weighted by Crippen LogP contribution is -2.39. The molecule has 0 unspecified atom stereocenters. The van der Waals surface area contributed by atoms with E-state index < -0.39 is 6.03 Å². The first-order valence-corrected chi connectivity index (χ1v) is 7.28. The minimum atomic E-state index is -0.444. The number of aromatic nitrogens is 1. The Morgan fingerprint density at radius 1 is 1.35 bits per heavy atom. The van der Waals surface area contributed by atoms with Gasteiger partial charge in [-0.25, -0.2) is 9.78 Å². The van der Waals surface area contributed by atoms with Crippen LogP contribution < -0.4 is 16.0 Å². The standard InChI is InChI=1S/C13H17BrN4O2/c1-8-10(14)4-5-11(17-8)18-13(20)16-7-12(19)15-6-9-2-3-9/h4-5,9H,2-3,6-7H2,1H3,(H,15,19)(H2,16,17,18,20). The molecule has 0 saturated heterocycles. The van der Waals surface area contributed by atoms with E-state index in [0.717, 1.165) is 10.2 Å². The molecule has 0 atom stereocenters. The van der Waals surface area contributed by atoms with Crippen molar-refractivity contribution in [2.45, 2.75) is 19.8 Å². The van der Waals surface area contributed by atoms with Gasteiger partial charge >= 0.3 is 6.03 Å². The van der Waals surface area contributed by atoms with Gasteiger partial charge in [0, 0.05) is 11.0 Å². The first-order chi connectivity index (χ1) is 9.54. The molecule has 1 aliphatic rings. The van der Waals surface area contributed by atoms with Crippen molar-refractivity contribution in [2.75, 3.05) is 18.4 Å². The summed E-state index contributed by atoms with van der Waals surface area (Å²) >= 11 is 3.34. The predicted molar refractivity (Wildman–Crippen MR) is 79.4 cm³/mol. The third kappa shape index (κ3) is 4.80. The second-order valence-corrected chi connectivity index (χ2v) is 5.67. The van der Waals surface area contributed by atoms with Crippen molar-refractivity contribution in [3.05, 3.63) is 22.3 Å². The lowest BCUT2D eigenvalue weighted by Gasteiger charge is -2.08. The SMILES string of the molecule is Cc1nc(NC(=O)NCC(=O)NCC2CC2)ccc1Br. The van der Waals surface area contributed by atoms with E-state index in [2.05, 4.69) is 36.9 Å². The summed E-state index contributed by atoms with van der Waals surface area (Å²) in [6.07, 6.45) is 2.37. The maximum atomic E-state index is 11.6. The van der Waals surface area contributed by atoms with Gasteiger partial charge in [-0.3, -0.25) is 10.1 Å². The van der Waals surface area contributed by atoms with Crippen LogP contribution >= 0.6 is 15.9 Å². The number of carbonyl (C=O) groups is 2. The fourth-order valence-electron chi connectivity index (χ4n) is 1.58.